The molecule has 0 N–H and O–H groups in total. The van der Waals surface area contributed by atoms with Gasteiger partial charge in [-0.15, -0.1) is 0 Å². The van der Waals surface area contributed by atoms with Gasteiger partial charge in [0, 0.05) is 6.07 Å². The van der Waals surface area contributed by atoms with E-state index in [-0.39, 0.29) is 23.4 Å². The summed E-state index contributed by atoms with van der Waals surface area (Å²) in [4.78, 5) is 12.8. The fourth-order valence-electron chi connectivity index (χ4n) is 7.67. The van der Waals surface area contributed by atoms with Crippen molar-refractivity contribution in [2.75, 3.05) is 6.61 Å². The number of fused-ring (bicyclic) bond motifs is 1. The molecule has 4 unspecified atom stereocenters. The Balaban J connectivity index is 1.16. The Morgan fingerprint density at radius 1 is 0.895 bits per heavy atom. The molecule has 3 fully saturated rings. The molecule has 4 atom stereocenters. The second-order valence-electron chi connectivity index (χ2n) is 12.5. The number of carbonyl (C=O) groups excluding carboxylic acids is 1. The lowest BCUT2D eigenvalue weighted by atomic mass is 9.60. The standard InChI is InChI=1S/C34H51FO3/c1-3-5-7-8-9-10-25-11-12-30-23-29(18-17-28(30)22-25)26-13-15-27(16-14-26)34(36)38-31-19-20-33(32(35)24-31)37-21-6-4-2/h4,6,19-20,24-30H,3,5,7-18,21-23H2,1-2H3/b6-4+. The maximum Gasteiger partial charge on any atom is 0.314 e. The van der Waals surface area contributed by atoms with Crippen LogP contribution in [0.2, 0.25) is 0 Å². The molecule has 0 aliphatic heterocycles. The number of hydrogen-bond donors (Lipinski definition) is 0. The van der Waals surface area contributed by atoms with Gasteiger partial charge in [0.2, 0.25) is 0 Å². The summed E-state index contributed by atoms with van der Waals surface area (Å²) < 4.78 is 25.3. The lowest BCUT2D eigenvalue weighted by molar-refractivity contribution is -0.140. The molecule has 4 rings (SSSR count). The van der Waals surface area contributed by atoms with Gasteiger partial charge >= 0.3 is 5.97 Å². The van der Waals surface area contributed by atoms with E-state index in [0.717, 1.165) is 55.3 Å². The molecule has 3 aliphatic carbocycles. The first-order chi connectivity index (χ1) is 18.6. The van der Waals surface area contributed by atoms with E-state index in [1.807, 2.05) is 19.1 Å². The van der Waals surface area contributed by atoms with Gasteiger partial charge in [-0.2, -0.15) is 0 Å². The molecule has 0 aromatic heterocycles. The van der Waals surface area contributed by atoms with Crippen molar-refractivity contribution >= 4 is 5.97 Å². The van der Waals surface area contributed by atoms with Crippen molar-refractivity contribution in [2.24, 2.45) is 35.5 Å². The average Bonchev–Trinajstić information content (AvgIpc) is 2.94. The second kappa shape index (κ2) is 15.1. The molecule has 3 aliphatic rings. The molecule has 0 radical (unpaired) electrons. The molecular formula is C34H51FO3. The van der Waals surface area contributed by atoms with Crippen molar-refractivity contribution in [1.29, 1.82) is 0 Å². The van der Waals surface area contributed by atoms with E-state index < -0.39 is 5.82 Å². The van der Waals surface area contributed by atoms with Gasteiger partial charge in [-0.3, -0.25) is 4.79 Å². The topological polar surface area (TPSA) is 35.5 Å². The summed E-state index contributed by atoms with van der Waals surface area (Å²) in [5.41, 5.74) is 0. The van der Waals surface area contributed by atoms with Gasteiger partial charge in [0.25, 0.3) is 0 Å². The lowest BCUT2D eigenvalue weighted by Crippen LogP contribution is -2.35. The molecule has 4 heteroatoms. The summed E-state index contributed by atoms with van der Waals surface area (Å²) >= 11 is 0. The molecule has 38 heavy (non-hydrogen) atoms. The zero-order valence-corrected chi connectivity index (χ0v) is 24.0. The molecule has 0 spiro atoms. The van der Waals surface area contributed by atoms with E-state index in [0.29, 0.717) is 6.61 Å². The van der Waals surface area contributed by atoms with Gasteiger partial charge in [-0.25, -0.2) is 4.39 Å². The van der Waals surface area contributed by atoms with Gasteiger partial charge in [-0.05, 0) is 106 Å². The van der Waals surface area contributed by atoms with Crippen molar-refractivity contribution in [3.05, 3.63) is 36.2 Å². The fraction of sp³-hybridized carbons (Fsp3) is 0.735. The van der Waals surface area contributed by atoms with Crippen LogP contribution < -0.4 is 9.47 Å². The van der Waals surface area contributed by atoms with Crippen molar-refractivity contribution < 1.29 is 18.7 Å². The van der Waals surface area contributed by atoms with Gasteiger partial charge in [0.1, 0.15) is 12.4 Å². The molecule has 1 aromatic rings. The summed E-state index contributed by atoms with van der Waals surface area (Å²) in [6, 6.07) is 4.42. The molecule has 0 bridgehead atoms. The van der Waals surface area contributed by atoms with Crippen LogP contribution in [0.4, 0.5) is 4.39 Å². The number of unbranched alkanes of at least 4 members (excludes halogenated alkanes) is 4. The lowest BCUT2D eigenvalue weighted by Gasteiger charge is -2.45. The van der Waals surface area contributed by atoms with Crippen molar-refractivity contribution in [2.45, 2.75) is 117 Å². The maximum atomic E-state index is 14.3. The van der Waals surface area contributed by atoms with E-state index >= 15 is 0 Å². The normalized spacial score (nSPS) is 29.7. The summed E-state index contributed by atoms with van der Waals surface area (Å²) in [7, 11) is 0. The van der Waals surface area contributed by atoms with Crippen LogP contribution in [0.3, 0.4) is 0 Å². The van der Waals surface area contributed by atoms with Crippen LogP contribution in [0.1, 0.15) is 117 Å². The minimum Gasteiger partial charge on any atom is -0.486 e. The van der Waals surface area contributed by atoms with E-state index in [9.17, 15) is 9.18 Å². The van der Waals surface area contributed by atoms with Crippen molar-refractivity contribution in [3.63, 3.8) is 0 Å². The second-order valence-corrected chi connectivity index (χ2v) is 12.5. The summed E-state index contributed by atoms with van der Waals surface area (Å²) in [5, 5.41) is 0. The van der Waals surface area contributed by atoms with Crippen LogP contribution in [0.15, 0.2) is 30.4 Å². The number of rotatable bonds is 12. The van der Waals surface area contributed by atoms with Gasteiger partial charge in [0.15, 0.2) is 11.6 Å². The summed E-state index contributed by atoms with van der Waals surface area (Å²) in [5.74, 6) is 4.21. The predicted molar refractivity (Wildman–Crippen MR) is 153 cm³/mol. The molecule has 3 saturated carbocycles. The van der Waals surface area contributed by atoms with E-state index in [4.69, 9.17) is 9.47 Å². The number of halogens is 1. The summed E-state index contributed by atoms with van der Waals surface area (Å²) in [6.45, 7) is 4.51. The molecule has 0 amide bonds. The van der Waals surface area contributed by atoms with Crippen LogP contribution in [-0.2, 0) is 4.79 Å². The van der Waals surface area contributed by atoms with Crippen LogP contribution in [-0.4, -0.2) is 12.6 Å². The van der Waals surface area contributed by atoms with Crippen LogP contribution in [0.5, 0.6) is 11.5 Å². The number of allylic oxidation sites excluding steroid dienone is 1. The Bertz CT molecular complexity index is 888. The van der Waals surface area contributed by atoms with E-state index in [2.05, 4.69) is 6.92 Å². The minimum atomic E-state index is -0.500. The number of benzene rings is 1. The molecule has 212 valence electrons. The molecule has 0 heterocycles. The average molecular weight is 527 g/mol. The van der Waals surface area contributed by atoms with Gasteiger partial charge < -0.3 is 9.47 Å². The van der Waals surface area contributed by atoms with E-state index in [1.54, 1.807) is 6.07 Å². The zero-order chi connectivity index (χ0) is 26.7. The SMILES string of the molecule is C/C=C/COc1ccc(OC(=O)C2CCC(C3CCC4CC(CCCCCCC)CCC4C3)CC2)cc1F. The van der Waals surface area contributed by atoms with E-state index in [1.165, 1.54) is 89.2 Å². The Morgan fingerprint density at radius 2 is 1.58 bits per heavy atom. The minimum absolute atomic E-state index is 0.0657. The first-order valence-corrected chi connectivity index (χ1v) is 15.8. The predicted octanol–water partition coefficient (Wildman–Crippen LogP) is 9.69. The van der Waals surface area contributed by atoms with Crippen LogP contribution in [0.25, 0.3) is 0 Å². The Kier molecular flexibility index (Phi) is 11.6. The van der Waals surface area contributed by atoms with Crippen LogP contribution in [0, 0.1) is 41.3 Å². The third-order valence-corrected chi connectivity index (χ3v) is 9.94. The monoisotopic (exact) mass is 526 g/mol. The first kappa shape index (κ1) is 29.2. The number of ether oxygens (including phenoxy) is 2. The highest BCUT2D eigenvalue weighted by Crippen LogP contribution is 2.49. The number of esters is 1. The third-order valence-electron chi connectivity index (χ3n) is 9.94. The number of carbonyl (C=O) groups is 1. The Morgan fingerprint density at radius 3 is 2.32 bits per heavy atom. The maximum absolute atomic E-state index is 14.3. The Hall–Kier alpha value is -1.84. The highest BCUT2D eigenvalue weighted by atomic mass is 19.1. The summed E-state index contributed by atoms with van der Waals surface area (Å²) in [6.07, 6.45) is 24.9. The molecule has 1 aromatic carbocycles. The van der Waals surface area contributed by atoms with Crippen LogP contribution >= 0.6 is 0 Å². The van der Waals surface area contributed by atoms with Crippen molar-refractivity contribution in [3.8, 4) is 11.5 Å². The smallest absolute Gasteiger partial charge is 0.314 e. The quantitative estimate of drug-likeness (QED) is 0.118. The highest BCUT2D eigenvalue weighted by molar-refractivity contribution is 5.75. The van der Waals surface area contributed by atoms with Gasteiger partial charge in [0.05, 0.1) is 5.92 Å². The molecular weight excluding hydrogens is 475 g/mol. The Labute approximate surface area is 230 Å². The fourth-order valence-corrected chi connectivity index (χ4v) is 7.67. The molecule has 3 nitrogen and oxygen atoms in total. The third kappa shape index (κ3) is 8.33. The number of hydrogen-bond acceptors (Lipinski definition) is 3. The molecule has 0 saturated heterocycles. The highest BCUT2D eigenvalue weighted by Gasteiger charge is 2.39. The largest absolute Gasteiger partial charge is 0.486 e. The first-order valence-electron chi connectivity index (χ1n) is 15.8. The van der Waals surface area contributed by atoms with Crippen molar-refractivity contribution in [1.82, 2.24) is 0 Å². The zero-order valence-electron chi connectivity index (χ0n) is 24.0. The van der Waals surface area contributed by atoms with Gasteiger partial charge in [-0.1, -0.05) is 64.0 Å².